The zero-order valence-corrected chi connectivity index (χ0v) is 13.0. The van der Waals surface area contributed by atoms with Gasteiger partial charge in [0.1, 0.15) is 5.75 Å². The molecule has 1 aliphatic heterocycles. The van der Waals surface area contributed by atoms with E-state index in [0.29, 0.717) is 12.4 Å². The highest BCUT2D eigenvalue weighted by Crippen LogP contribution is 2.16. The maximum absolute atomic E-state index is 12.1. The van der Waals surface area contributed by atoms with E-state index in [0.717, 1.165) is 25.9 Å². The number of hydrogen-bond donors (Lipinski definition) is 2. The molecule has 0 saturated carbocycles. The Morgan fingerprint density at radius 2 is 2.10 bits per heavy atom. The van der Waals surface area contributed by atoms with E-state index in [1.165, 1.54) is 13.2 Å². The first-order valence-corrected chi connectivity index (χ1v) is 8.56. The van der Waals surface area contributed by atoms with Crippen LogP contribution in [0.3, 0.4) is 0 Å². The van der Waals surface area contributed by atoms with Gasteiger partial charge in [-0.05, 0) is 38.1 Å². The number of hydrogen-bond acceptors (Lipinski definition) is 5. The van der Waals surface area contributed by atoms with Crippen LogP contribution in [-0.2, 0) is 14.8 Å². The first-order chi connectivity index (χ1) is 10.1. The lowest BCUT2D eigenvalue weighted by Gasteiger charge is -2.22. The minimum Gasteiger partial charge on any atom is -0.497 e. The van der Waals surface area contributed by atoms with Gasteiger partial charge in [-0.1, -0.05) is 6.07 Å². The van der Waals surface area contributed by atoms with Gasteiger partial charge in [0.2, 0.25) is 10.0 Å². The summed E-state index contributed by atoms with van der Waals surface area (Å²) < 4.78 is 37.5. The molecule has 7 heteroatoms. The molecular weight excluding hydrogens is 292 g/mol. The summed E-state index contributed by atoms with van der Waals surface area (Å²) in [5.41, 5.74) is 0. The minimum absolute atomic E-state index is 0.198. The highest BCUT2D eigenvalue weighted by Gasteiger charge is 2.16. The molecule has 21 heavy (non-hydrogen) atoms. The Hall–Kier alpha value is -1.15. The van der Waals surface area contributed by atoms with Crippen LogP contribution in [0.1, 0.15) is 12.8 Å². The maximum atomic E-state index is 12.1. The third kappa shape index (κ3) is 4.96. The van der Waals surface area contributed by atoms with Gasteiger partial charge in [-0.25, -0.2) is 13.1 Å². The van der Waals surface area contributed by atoms with Crippen molar-refractivity contribution in [1.82, 2.24) is 10.0 Å². The van der Waals surface area contributed by atoms with E-state index in [2.05, 4.69) is 10.0 Å². The summed E-state index contributed by atoms with van der Waals surface area (Å²) in [4.78, 5) is 0.198. The van der Waals surface area contributed by atoms with E-state index in [1.807, 2.05) is 0 Å². The van der Waals surface area contributed by atoms with E-state index < -0.39 is 10.0 Å². The second-order valence-corrected chi connectivity index (χ2v) is 6.66. The van der Waals surface area contributed by atoms with E-state index in [1.54, 1.807) is 18.2 Å². The summed E-state index contributed by atoms with van der Waals surface area (Å²) in [6.45, 7) is 2.57. The normalized spacial score (nSPS) is 16.8. The van der Waals surface area contributed by atoms with Gasteiger partial charge in [0.15, 0.2) is 0 Å². The third-order valence-corrected chi connectivity index (χ3v) is 4.84. The van der Waals surface area contributed by atoms with Gasteiger partial charge in [0, 0.05) is 12.6 Å². The standard InChI is InChI=1S/C14H22N2O4S/c1-19-13-3-2-4-14(11-13)21(17,18)16-9-10-20-12-5-7-15-8-6-12/h2-4,11-12,15-16H,5-10H2,1H3. The minimum atomic E-state index is -3.52. The Kier molecular flexibility index (Phi) is 5.98. The summed E-state index contributed by atoms with van der Waals surface area (Å²) >= 11 is 0. The SMILES string of the molecule is COc1cccc(S(=O)(=O)NCCOC2CCNCC2)c1. The fourth-order valence-electron chi connectivity index (χ4n) is 2.22. The molecule has 118 valence electrons. The summed E-state index contributed by atoms with van der Waals surface area (Å²) in [5, 5.41) is 3.26. The van der Waals surface area contributed by atoms with Crippen molar-refractivity contribution in [3.05, 3.63) is 24.3 Å². The van der Waals surface area contributed by atoms with Crippen LogP contribution in [0.25, 0.3) is 0 Å². The van der Waals surface area contributed by atoms with Crippen LogP contribution >= 0.6 is 0 Å². The second kappa shape index (κ2) is 7.74. The summed E-state index contributed by atoms with van der Waals surface area (Å²) in [6, 6.07) is 6.40. The third-order valence-electron chi connectivity index (χ3n) is 3.39. The number of benzene rings is 1. The van der Waals surface area contributed by atoms with Crippen LogP contribution in [0, 0.1) is 0 Å². The Balaban J connectivity index is 1.80. The van der Waals surface area contributed by atoms with Crippen molar-refractivity contribution >= 4 is 10.0 Å². The van der Waals surface area contributed by atoms with Gasteiger partial charge >= 0.3 is 0 Å². The molecule has 0 unspecified atom stereocenters. The molecule has 0 spiro atoms. The highest BCUT2D eigenvalue weighted by molar-refractivity contribution is 7.89. The largest absolute Gasteiger partial charge is 0.497 e. The van der Waals surface area contributed by atoms with Crippen molar-refractivity contribution in [2.45, 2.75) is 23.8 Å². The van der Waals surface area contributed by atoms with Gasteiger partial charge in [0.25, 0.3) is 0 Å². The molecule has 0 aromatic heterocycles. The van der Waals surface area contributed by atoms with Crippen molar-refractivity contribution in [2.24, 2.45) is 0 Å². The van der Waals surface area contributed by atoms with Crippen molar-refractivity contribution in [1.29, 1.82) is 0 Å². The van der Waals surface area contributed by atoms with Crippen LogP contribution in [0.2, 0.25) is 0 Å². The van der Waals surface area contributed by atoms with Crippen LogP contribution in [0.15, 0.2) is 29.2 Å². The van der Waals surface area contributed by atoms with Crippen LogP contribution < -0.4 is 14.8 Å². The molecule has 1 aromatic rings. The van der Waals surface area contributed by atoms with Crippen LogP contribution in [-0.4, -0.2) is 47.9 Å². The molecule has 0 aliphatic carbocycles. The number of rotatable bonds is 7. The smallest absolute Gasteiger partial charge is 0.240 e. The van der Waals surface area contributed by atoms with Crippen molar-refractivity contribution in [2.75, 3.05) is 33.4 Å². The lowest BCUT2D eigenvalue weighted by Crippen LogP contribution is -2.34. The fourth-order valence-corrected chi connectivity index (χ4v) is 3.26. The van der Waals surface area contributed by atoms with E-state index in [9.17, 15) is 8.42 Å². The maximum Gasteiger partial charge on any atom is 0.240 e. The zero-order chi connectivity index (χ0) is 15.1. The van der Waals surface area contributed by atoms with Gasteiger partial charge in [-0.15, -0.1) is 0 Å². The topological polar surface area (TPSA) is 76.7 Å². The highest BCUT2D eigenvalue weighted by atomic mass is 32.2. The van der Waals surface area contributed by atoms with Crippen LogP contribution in [0.5, 0.6) is 5.75 Å². The fraction of sp³-hybridized carbons (Fsp3) is 0.571. The Bertz CT molecular complexity index is 542. The lowest BCUT2D eigenvalue weighted by atomic mass is 10.1. The summed E-state index contributed by atoms with van der Waals surface area (Å²) in [7, 11) is -2.01. The molecule has 0 atom stereocenters. The average molecular weight is 314 g/mol. The molecule has 6 nitrogen and oxygen atoms in total. The van der Waals surface area contributed by atoms with E-state index >= 15 is 0 Å². The van der Waals surface area contributed by atoms with Crippen LogP contribution in [0.4, 0.5) is 0 Å². The number of methoxy groups -OCH3 is 1. The predicted octanol–water partition coefficient (Wildman–Crippen LogP) is 0.742. The Morgan fingerprint density at radius 3 is 2.81 bits per heavy atom. The molecule has 1 fully saturated rings. The Labute approximate surface area is 125 Å². The monoisotopic (exact) mass is 314 g/mol. The number of piperidine rings is 1. The van der Waals surface area contributed by atoms with E-state index in [4.69, 9.17) is 9.47 Å². The summed E-state index contributed by atoms with van der Waals surface area (Å²) in [6.07, 6.45) is 2.18. The molecule has 1 aromatic carbocycles. The van der Waals surface area contributed by atoms with Gasteiger partial charge < -0.3 is 14.8 Å². The average Bonchev–Trinajstić information content (AvgIpc) is 2.53. The van der Waals surface area contributed by atoms with Crippen molar-refractivity contribution < 1.29 is 17.9 Å². The molecular formula is C14H22N2O4S. The molecule has 2 N–H and O–H groups in total. The zero-order valence-electron chi connectivity index (χ0n) is 12.2. The molecule has 0 amide bonds. The molecule has 0 radical (unpaired) electrons. The quantitative estimate of drug-likeness (QED) is 0.726. The van der Waals surface area contributed by atoms with Crippen molar-refractivity contribution in [3.8, 4) is 5.75 Å². The summed E-state index contributed by atoms with van der Waals surface area (Å²) in [5.74, 6) is 0.517. The second-order valence-electron chi connectivity index (χ2n) is 4.90. The first kappa shape index (κ1) is 16.2. The molecule has 1 saturated heterocycles. The van der Waals surface area contributed by atoms with E-state index in [-0.39, 0.29) is 17.5 Å². The number of nitrogens with one attached hydrogen (secondary N) is 2. The van der Waals surface area contributed by atoms with Gasteiger partial charge in [-0.3, -0.25) is 0 Å². The molecule has 1 heterocycles. The Morgan fingerprint density at radius 1 is 1.33 bits per heavy atom. The first-order valence-electron chi connectivity index (χ1n) is 7.08. The molecule has 0 bridgehead atoms. The lowest BCUT2D eigenvalue weighted by molar-refractivity contribution is 0.0367. The predicted molar refractivity (Wildman–Crippen MR) is 80.0 cm³/mol. The van der Waals surface area contributed by atoms with Gasteiger partial charge in [0.05, 0.1) is 24.7 Å². The van der Waals surface area contributed by atoms with Gasteiger partial charge in [-0.2, -0.15) is 0 Å². The number of sulfonamides is 1. The molecule has 2 rings (SSSR count). The van der Waals surface area contributed by atoms with Crippen molar-refractivity contribution in [3.63, 3.8) is 0 Å². The number of ether oxygens (including phenoxy) is 2. The molecule has 1 aliphatic rings.